The van der Waals surface area contributed by atoms with Crippen LogP contribution in [-0.4, -0.2) is 4.92 Å². The summed E-state index contributed by atoms with van der Waals surface area (Å²) >= 11 is 0. The monoisotopic (exact) mass is 241 g/mol. The minimum absolute atomic E-state index is 0.0189. The molecular formula is C12H13F2NO2. The Hall–Kier alpha value is -1.78. The number of nitrogens with zero attached hydrogens (tertiary/aromatic N) is 1. The molecule has 0 radical (unpaired) electrons. The first-order chi connectivity index (χ1) is 8.06. The number of hydrogen-bond donors (Lipinski definition) is 0. The Morgan fingerprint density at radius 2 is 2.12 bits per heavy atom. The predicted molar refractivity (Wildman–Crippen MR) is 61.8 cm³/mol. The molecule has 0 spiro atoms. The van der Waals surface area contributed by atoms with E-state index in [0.717, 1.165) is 12.5 Å². The van der Waals surface area contributed by atoms with Crippen LogP contribution in [0.25, 0.3) is 5.83 Å². The molecule has 0 saturated heterocycles. The van der Waals surface area contributed by atoms with Gasteiger partial charge in [0.1, 0.15) is 5.83 Å². The van der Waals surface area contributed by atoms with E-state index in [0.29, 0.717) is 6.42 Å². The third kappa shape index (κ3) is 3.62. The topological polar surface area (TPSA) is 43.1 Å². The smallest absolute Gasteiger partial charge is 0.258 e. The molecule has 0 aliphatic carbocycles. The van der Waals surface area contributed by atoms with Gasteiger partial charge in [-0.05, 0) is 6.42 Å². The SMILES string of the molecule is CCCC/C(F)=C(/F)c1cccc([N+](=O)[O-])c1. The molecule has 92 valence electrons. The van der Waals surface area contributed by atoms with Gasteiger partial charge in [0.15, 0.2) is 5.83 Å². The number of unbranched alkanes of at least 4 members (excludes halogenated alkanes) is 1. The molecule has 0 aromatic heterocycles. The third-order valence-corrected chi connectivity index (χ3v) is 2.30. The Morgan fingerprint density at radius 3 is 2.71 bits per heavy atom. The van der Waals surface area contributed by atoms with E-state index in [1.807, 2.05) is 6.92 Å². The van der Waals surface area contributed by atoms with Crippen molar-refractivity contribution in [1.82, 2.24) is 0 Å². The molecule has 0 bridgehead atoms. The summed E-state index contributed by atoms with van der Waals surface area (Å²) in [6.45, 7) is 1.87. The van der Waals surface area contributed by atoms with E-state index in [1.54, 1.807) is 0 Å². The highest BCUT2D eigenvalue weighted by Gasteiger charge is 2.12. The van der Waals surface area contributed by atoms with Crippen LogP contribution in [0.4, 0.5) is 14.5 Å². The second-order valence-electron chi connectivity index (χ2n) is 3.63. The van der Waals surface area contributed by atoms with E-state index in [-0.39, 0.29) is 17.7 Å². The maximum absolute atomic E-state index is 13.6. The molecule has 17 heavy (non-hydrogen) atoms. The molecule has 3 nitrogen and oxygen atoms in total. The third-order valence-electron chi connectivity index (χ3n) is 2.30. The molecule has 0 heterocycles. The highest BCUT2D eigenvalue weighted by atomic mass is 19.2. The van der Waals surface area contributed by atoms with Gasteiger partial charge in [-0.25, -0.2) is 8.78 Å². The fourth-order valence-electron chi connectivity index (χ4n) is 1.35. The number of rotatable bonds is 5. The fourth-order valence-corrected chi connectivity index (χ4v) is 1.35. The van der Waals surface area contributed by atoms with Crippen molar-refractivity contribution in [3.05, 3.63) is 45.8 Å². The Kier molecular flexibility index (Phi) is 4.75. The van der Waals surface area contributed by atoms with Gasteiger partial charge < -0.3 is 0 Å². The van der Waals surface area contributed by atoms with Crippen LogP contribution in [0.15, 0.2) is 30.1 Å². The lowest BCUT2D eigenvalue weighted by atomic mass is 10.1. The van der Waals surface area contributed by atoms with E-state index >= 15 is 0 Å². The van der Waals surface area contributed by atoms with Crippen molar-refractivity contribution in [2.45, 2.75) is 26.2 Å². The molecule has 0 aliphatic heterocycles. The number of non-ortho nitro benzene ring substituents is 1. The van der Waals surface area contributed by atoms with Crippen LogP contribution < -0.4 is 0 Å². The normalized spacial score (nSPS) is 12.2. The Balaban J connectivity index is 2.99. The molecule has 5 heteroatoms. The van der Waals surface area contributed by atoms with Crippen LogP contribution in [-0.2, 0) is 0 Å². The number of halogens is 2. The molecule has 0 fully saturated rings. The van der Waals surface area contributed by atoms with E-state index in [4.69, 9.17) is 0 Å². The number of nitro groups is 1. The van der Waals surface area contributed by atoms with E-state index in [1.165, 1.54) is 18.2 Å². The van der Waals surface area contributed by atoms with Gasteiger partial charge in [0.05, 0.1) is 4.92 Å². The van der Waals surface area contributed by atoms with Crippen LogP contribution in [0, 0.1) is 10.1 Å². The Bertz CT molecular complexity index is 444. The highest BCUT2D eigenvalue weighted by Crippen LogP contribution is 2.27. The molecule has 1 rings (SSSR count). The molecular weight excluding hydrogens is 228 g/mol. The van der Waals surface area contributed by atoms with Crippen molar-refractivity contribution in [2.24, 2.45) is 0 Å². The van der Waals surface area contributed by atoms with E-state index in [2.05, 4.69) is 0 Å². The lowest BCUT2D eigenvalue weighted by Gasteiger charge is -2.01. The van der Waals surface area contributed by atoms with Gasteiger partial charge in [-0.1, -0.05) is 25.5 Å². The average molecular weight is 241 g/mol. The molecule has 1 aromatic carbocycles. The zero-order chi connectivity index (χ0) is 12.8. The average Bonchev–Trinajstić information content (AvgIpc) is 2.35. The number of benzene rings is 1. The largest absolute Gasteiger partial charge is 0.270 e. The lowest BCUT2D eigenvalue weighted by Crippen LogP contribution is -1.90. The van der Waals surface area contributed by atoms with Crippen molar-refractivity contribution >= 4 is 11.5 Å². The summed E-state index contributed by atoms with van der Waals surface area (Å²) in [6.07, 6.45) is 1.33. The second-order valence-corrected chi connectivity index (χ2v) is 3.63. The number of allylic oxidation sites excluding steroid dienone is 1. The summed E-state index contributed by atoms with van der Waals surface area (Å²) in [5.41, 5.74) is -0.339. The van der Waals surface area contributed by atoms with E-state index < -0.39 is 16.6 Å². The van der Waals surface area contributed by atoms with Crippen LogP contribution in [0.5, 0.6) is 0 Å². The first-order valence-electron chi connectivity index (χ1n) is 5.35. The van der Waals surface area contributed by atoms with Crippen molar-refractivity contribution < 1.29 is 13.7 Å². The van der Waals surface area contributed by atoms with Crippen LogP contribution in [0.1, 0.15) is 31.7 Å². The summed E-state index contributed by atoms with van der Waals surface area (Å²) in [5, 5.41) is 10.5. The van der Waals surface area contributed by atoms with Crippen LogP contribution >= 0.6 is 0 Å². The quantitative estimate of drug-likeness (QED) is 0.566. The van der Waals surface area contributed by atoms with Gasteiger partial charge in [-0.2, -0.15) is 0 Å². The molecule has 0 N–H and O–H groups in total. The number of hydrogen-bond acceptors (Lipinski definition) is 2. The van der Waals surface area contributed by atoms with Crippen molar-refractivity contribution in [2.75, 3.05) is 0 Å². The van der Waals surface area contributed by atoms with Gasteiger partial charge in [0.2, 0.25) is 0 Å². The van der Waals surface area contributed by atoms with Gasteiger partial charge in [-0.3, -0.25) is 10.1 Å². The summed E-state index contributed by atoms with van der Waals surface area (Å²) in [5.74, 6) is -1.87. The molecule has 1 aromatic rings. The van der Waals surface area contributed by atoms with Crippen LogP contribution in [0.3, 0.4) is 0 Å². The fraction of sp³-hybridized carbons (Fsp3) is 0.333. The van der Waals surface area contributed by atoms with Gasteiger partial charge in [0.25, 0.3) is 5.69 Å². The maximum atomic E-state index is 13.6. The summed E-state index contributed by atoms with van der Waals surface area (Å²) in [6, 6.07) is 4.91. The summed E-state index contributed by atoms with van der Waals surface area (Å²) in [7, 11) is 0. The second kappa shape index (κ2) is 6.08. The molecule has 0 aliphatic rings. The van der Waals surface area contributed by atoms with Crippen molar-refractivity contribution in [3.63, 3.8) is 0 Å². The molecule has 0 unspecified atom stereocenters. The zero-order valence-electron chi connectivity index (χ0n) is 9.45. The molecule has 0 amide bonds. The number of nitro benzene ring substituents is 1. The zero-order valence-corrected chi connectivity index (χ0v) is 9.45. The van der Waals surface area contributed by atoms with Gasteiger partial charge in [-0.15, -0.1) is 0 Å². The van der Waals surface area contributed by atoms with Gasteiger partial charge in [0, 0.05) is 24.1 Å². The first kappa shape index (κ1) is 13.3. The minimum Gasteiger partial charge on any atom is -0.258 e. The van der Waals surface area contributed by atoms with Crippen LogP contribution in [0.2, 0.25) is 0 Å². The van der Waals surface area contributed by atoms with Gasteiger partial charge >= 0.3 is 0 Å². The first-order valence-corrected chi connectivity index (χ1v) is 5.35. The summed E-state index contributed by atoms with van der Waals surface area (Å²) in [4.78, 5) is 9.85. The molecule has 0 atom stereocenters. The Morgan fingerprint density at radius 1 is 1.41 bits per heavy atom. The standard InChI is InChI=1S/C12H13F2NO2/c1-2-3-7-11(13)12(14)9-5-4-6-10(8-9)15(16)17/h4-6,8H,2-3,7H2,1H3/b12-11-. The van der Waals surface area contributed by atoms with Crippen molar-refractivity contribution in [3.8, 4) is 0 Å². The maximum Gasteiger partial charge on any atom is 0.270 e. The minimum atomic E-state index is -1.01. The summed E-state index contributed by atoms with van der Waals surface area (Å²) < 4.78 is 26.9. The Labute approximate surface area is 97.9 Å². The van der Waals surface area contributed by atoms with E-state index in [9.17, 15) is 18.9 Å². The lowest BCUT2D eigenvalue weighted by molar-refractivity contribution is -0.384. The predicted octanol–water partition coefficient (Wildman–Crippen LogP) is 4.39. The van der Waals surface area contributed by atoms with Crippen molar-refractivity contribution in [1.29, 1.82) is 0 Å². The highest BCUT2D eigenvalue weighted by molar-refractivity contribution is 5.63. The molecule has 0 saturated carbocycles.